The molecule has 2 N–H and O–H groups in total. The number of aliphatic hydroxyl groups is 2. The first kappa shape index (κ1) is 33.5. The smallest absolute Gasteiger partial charge is 0.161 e. The van der Waals surface area contributed by atoms with E-state index in [2.05, 4.69) is 12.1 Å². The average molecular weight is 692 g/mol. The quantitative estimate of drug-likeness (QED) is 0.154. The van der Waals surface area contributed by atoms with Crippen LogP contribution in [-0.2, 0) is 0 Å². The molecule has 1 aliphatic rings. The Kier molecular flexibility index (Phi) is 11.3. The van der Waals surface area contributed by atoms with Crippen molar-refractivity contribution in [3.05, 3.63) is 115 Å². The van der Waals surface area contributed by atoms with Crippen LogP contribution in [0.2, 0.25) is 20.1 Å². The zero-order valence-electron chi connectivity index (χ0n) is 24.8. The molecule has 4 atom stereocenters. The van der Waals surface area contributed by atoms with Crippen LogP contribution in [0, 0.1) is 0 Å². The molecule has 4 aromatic carbocycles. The van der Waals surface area contributed by atoms with Crippen molar-refractivity contribution in [2.75, 3.05) is 27.4 Å². The SMILES string of the molecule is COc1cc(C2CC[C@H](c3ccc(OCC(O)c4ccc(Cl)c(Cl)c4)c(OC)c3)C2)ccc1OCC(O)c1ccc(Cl)c(Cl)c1. The summed E-state index contributed by atoms with van der Waals surface area (Å²) in [6, 6.07) is 22.0. The van der Waals surface area contributed by atoms with Gasteiger partial charge in [-0.05, 0) is 102 Å². The van der Waals surface area contributed by atoms with Gasteiger partial charge in [-0.15, -0.1) is 0 Å². The second kappa shape index (κ2) is 15.2. The van der Waals surface area contributed by atoms with Gasteiger partial charge < -0.3 is 29.2 Å². The summed E-state index contributed by atoms with van der Waals surface area (Å²) in [7, 11) is 3.22. The maximum atomic E-state index is 10.6. The molecule has 1 aliphatic carbocycles. The zero-order valence-corrected chi connectivity index (χ0v) is 27.8. The maximum absolute atomic E-state index is 10.6. The lowest BCUT2D eigenvalue weighted by molar-refractivity contribution is 0.106. The molecule has 6 nitrogen and oxygen atoms in total. The summed E-state index contributed by atoms with van der Waals surface area (Å²) >= 11 is 24.2. The van der Waals surface area contributed by atoms with E-state index in [0.29, 0.717) is 66.1 Å². The van der Waals surface area contributed by atoms with Crippen molar-refractivity contribution in [3.8, 4) is 23.0 Å². The molecule has 238 valence electrons. The first-order chi connectivity index (χ1) is 21.7. The molecule has 0 amide bonds. The van der Waals surface area contributed by atoms with Gasteiger partial charge in [0.05, 0.1) is 34.3 Å². The van der Waals surface area contributed by atoms with E-state index >= 15 is 0 Å². The maximum Gasteiger partial charge on any atom is 0.161 e. The van der Waals surface area contributed by atoms with Gasteiger partial charge in [-0.1, -0.05) is 70.7 Å². The predicted molar refractivity (Wildman–Crippen MR) is 179 cm³/mol. The Bertz CT molecular complexity index is 1510. The number of hydrogen-bond acceptors (Lipinski definition) is 6. The number of aliphatic hydroxyl groups excluding tert-OH is 2. The highest BCUT2D eigenvalue weighted by atomic mass is 35.5. The van der Waals surface area contributed by atoms with Crippen LogP contribution in [0.15, 0.2) is 72.8 Å². The first-order valence-corrected chi connectivity index (χ1v) is 16.1. The number of benzene rings is 4. The first-order valence-electron chi connectivity index (χ1n) is 14.5. The van der Waals surface area contributed by atoms with Gasteiger partial charge in [0.2, 0.25) is 0 Å². The molecule has 0 heterocycles. The topological polar surface area (TPSA) is 77.4 Å². The fraction of sp³-hybridized carbons (Fsp3) is 0.314. The van der Waals surface area contributed by atoms with Gasteiger partial charge in [-0.25, -0.2) is 0 Å². The summed E-state index contributed by atoms with van der Waals surface area (Å²) in [6.07, 6.45) is 1.28. The molecule has 0 radical (unpaired) electrons. The Balaban J connectivity index is 1.20. The lowest BCUT2D eigenvalue weighted by Crippen LogP contribution is -2.10. The molecule has 5 rings (SSSR count). The van der Waals surface area contributed by atoms with Crippen molar-refractivity contribution in [3.63, 3.8) is 0 Å². The summed E-state index contributed by atoms with van der Waals surface area (Å²) in [5, 5.41) is 22.8. The molecule has 0 aromatic heterocycles. The van der Waals surface area contributed by atoms with E-state index < -0.39 is 12.2 Å². The highest BCUT2D eigenvalue weighted by Gasteiger charge is 2.28. The van der Waals surface area contributed by atoms with Gasteiger partial charge in [-0.2, -0.15) is 0 Å². The molecule has 10 heteroatoms. The fourth-order valence-corrected chi connectivity index (χ4v) is 6.28. The van der Waals surface area contributed by atoms with Crippen LogP contribution in [0.3, 0.4) is 0 Å². The summed E-state index contributed by atoms with van der Waals surface area (Å²) in [5.74, 6) is 3.04. The molecular weight excluding hydrogens is 658 g/mol. The van der Waals surface area contributed by atoms with Gasteiger partial charge in [0, 0.05) is 0 Å². The van der Waals surface area contributed by atoms with Gasteiger partial charge in [0.25, 0.3) is 0 Å². The Labute approximate surface area is 283 Å². The van der Waals surface area contributed by atoms with Crippen LogP contribution in [0.5, 0.6) is 23.0 Å². The zero-order chi connectivity index (χ0) is 32.1. The summed E-state index contributed by atoms with van der Waals surface area (Å²) < 4.78 is 23.1. The van der Waals surface area contributed by atoms with E-state index in [0.717, 1.165) is 19.3 Å². The highest BCUT2D eigenvalue weighted by molar-refractivity contribution is 6.42. The molecule has 0 spiro atoms. The van der Waals surface area contributed by atoms with E-state index in [1.807, 2.05) is 24.3 Å². The normalized spacial score (nSPS) is 17.5. The van der Waals surface area contributed by atoms with E-state index in [1.54, 1.807) is 50.6 Å². The van der Waals surface area contributed by atoms with Crippen LogP contribution in [0.25, 0.3) is 0 Å². The fourth-order valence-electron chi connectivity index (χ4n) is 5.67. The molecule has 45 heavy (non-hydrogen) atoms. The molecule has 4 aromatic rings. The molecule has 0 bridgehead atoms. The van der Waals surface area contributed by atoms with Crippen molar-refractivity contribution in [1.82, 2.24) is 0 Å². The highest BCUT2D eigenvalue weighted by Crippen LogP contribution is 2.46. The minimum atomic E-state index is -0.874. The summed E-state index contributed by atoms with van der Waals surface area (Å²) in [5.41, 5.74) is 3.59. The Morgan fingerprint density at radius 2 is 1.00 bits per heavy atom. The van der Waals surface area contributed by atoms with Crippen LogP contribution in [-0.4, -0.2) is 37.6 Å². The minimum absolute atomic E-state index is 0.0369. The Morgan fingerprint density at radius 3 is 1.38 bits per heavy atom. The molecule has 1 saturated carbocycles. The third kappa shape index (κ3) is 8.12. The van der Waals surface area contributed by atoms with Crippen LogP contribution in [0.4, 0.5) is 0 Å². The van der Waals surface area contributed by atoms with Crippen molar-refractivity contribution >= 4 is 46.4 Å². The van der Waals surface area contributed by atoms with E-state index in [-0.39, 0.29) is 13.2 Å². The molecule has 3 unspecified atom stereocenters. The van der Waals surface area contributed by atoms with E-state index in [9.17, 15) is 10.2 Å². The number of halogens is 4. The van der Waals surface area contributed by atoms with Gasteiger partial charge >= 0.3 is 0 Å². The van der Waals surface area contributed by atoms with Gasteiger partial charge in [0.15, 0.2) is 23.0 Å². The van der Waals surface area contributed by atoms with Crippen molar-refractivity contribution in [2.24, 2.45) is 0 Å². The van der Waals surface area contributed by atoms with E-state index in [1.165, 1.54) is 11.1 Å². The Morgan fingerprint density at radius 1 is 0.578 bits per heavy atom. The molecule has 1 fully saturated rings. The summed E-state index contributed by atoms with van der Waals surface area (Å²) in [4.78, 5) is 0. The monoisotopic (exact) mass is 690 g/mol. The molecule has 0 aliphatic heterocycles. The lowest BCUT2D eigenvalue weighted by Gasteiger charge is -2.18. The van der Waals surface area contributed by atoms with Crippen LogP contribution in [0.1, 0.15) is 65.6 Å². The van der Waals surface area contributed by atoms with Crippen LogP contribution < -0.4 is 18.9 Å². The van der Waals surface area contributed by atoms with Gasteiger partial charge in [0.1, 0.15) is 25.4 Å². The van der Waals surface area contributed by atoms with Crippen LogP contribution >= 0.6 is 46.4 Å². The van der Waals surface area contributed by atoms with Crippen molar-refractivity contribution < 1.29 is 29.2 Å². The third-order valence-corrected chi connectivity index (χ3v) is 9.68. The second-order valence-corrected chi connectivity index (χ2v) is 12.7. The number of rotatable bonds is 12. The van der Waals surface area contributed by atoms with Crippen molar-refractivity contribution in [1.29, 1.82) is 0 Å². The standard InChI is InChI=1S/C35H34Cl4O6/c1-42-34-16-22(7-11-32(34)44-18-30(40)24-5-9-26(36)28(38)14-24)20-3-4-21(13-20)23-8-12-33(35(17-23)43-2)45-19-31(41)25-6-10-27(37)29(39)15-25/h5-12,14-17,20-21,30-31,40-41H,3-4,13,18-19H2,1-2H3/t20-,21?,30?,31?/m0/s1. The largest absolute Gasteiger partial charge is 0.493 e. The second-order valence-electron chi connectivity index (χ2n) is 11.0. The number of methoxy groups -OCH3 is 2. The lowest BCUT2D eigenvalue weighted by atomic mass is 9.92. The number of ether oxygens (including phenoxy) is 4. The molecular formula is C35H34Cl4O6. The van der Waals surface area contributed by atoms with Gasteiger partial charge in [-0.3, -0.25) is 0 Å². The minimum Gasteiger partial charge on any atom is -0.493 e. The third-order valence-electron chi connectivity index (χ3n) is 8.20. The average Bonchev–Trinajstić information content (AvgIpc) is 3.55. The predicted octanol–water partition coefficient (Wildman–Crippen LogP) is 9.59. The summed E-state index contributed by atoms with van der Waals surface area (Å²) in [6.45, 7) is 0.0737. The van der Waals surface area contributed by atoms with Crippen molar-refractivity contribution in [2.45, 2.75) is 43.3 Å². The molecule has 0 saturated heterocycles. The number of hydrogen-bond donors (Lipinski definition) is 2. The Hall–Kier alpha value is -2.84. The van der Waals surface area contributed by atoms with E-state index in [4.69, 9.17) is 65.4 Å².